The van der Waals surface area contributed by atoms with Crippen LogP contribution in [0.1, 0.15) is 5.56 Å². The van der Waals surface area contributed by atoms with Gasteiger partial charge in [-0.3, -0.25) is 0 Å². The molecule has 0 aliphatic carbocycles. The Bertz CT molecular complexity index is 1010. The maximum atomic E-state index is 13.6. The van der Waals surface area contributed by atoms with Crippen molar-refractivity contribution in [1.82, 2.24) is 14.6 Å². The van der Waals surface area contributed by atoms with E-state index in [4.69, 9.17) is 5.73 Å². The lowest BCUT2D eigenvalue weighted by molar-refractivity contribution is 0.636. The first-order valence-electron chi connectivity index (χ1n) is 7.89. The predicted molar refractivity (Wildman–Crippen MR) is 96.6 cm³/mol. The zero-order chi connectivity index (χ0) is 17.2. The smallest absolute Gasteiger partial charge is 0.195 e. The molecule has 2 aromatic heterocycles. The molecule has 5 nitrogen and oxygen atoms in total. The van der Waals surface area contributed by atoms with E-state index in [2.05, 4.69) is 51.8 Å². The Labute approximate surface area is 143 Å². The van der Waals surface area contributed by atoms with Crippen molar-refractivity contribution in [2.75, 3.05) is 11.1 Å². The molecular weight excluding hydrogens is 317 g/mol. The van der Waals surface area contributed by atoms with E-state index < -0.39 is 5.82 Å². The number of halogens is 1. The van der Waals surface area contributed by atoms with E-state index in [0.29, 0.717) is 18.2 Å². The van der Waals surface area contributed by atoms with E-state index in [-0.39, 0.29) is 5.65 Å². The van der Waals surface area contributed by atoms with Crippen LogP contribution in [0.5, 0.6) is 0 Å². The maximum absolute atomic E-state index is 13.6. The molecule has 2 heterocycles. The molecule has 0 amide bonds. The predicted octanol–water partition coefficient (Wildman–Crippen LogP) is 3.73. The van der Waals surface area contributed by atoms with Crippen LogP contribution in [0.15, 0.2) is 66.9 Å². The SMILES string of the molecule is Nc1cc(NCc2ccc(-c3ccccc3)cc2)nc2c(F)cnn12. The van der Waals surface area contributed by atoms with Gasteiger partial charge in [-0.15, -0.1) is 0 Å². The molecule has 6 heteroatoms. The van der Waals surface area contributed by atoms with Gasteiger partial charge in [0.05, 0.1) is 6.20 Å². The number of hydrogen-bond acceptors (Lipinski definition) is 4. The third-order valence-corrected chi connectivity index (χ3v) is 3.99. The topological polar surface area (TPSA) is 68.2 Å². The van der Waals surface area contributed by atoms with Crippen molar-refractivity contribution in [3.8, 4) is 11.1 Å². The van der Waals surface area contributed by atoms with E-state index in [1.807, 2.05) is 18.2 Å². The van der Waals surface area contributed by atoms with Crippen molar-refractivity contribution in [2.24, 2.45) is 0 Å². The number of nitrogens with two attached hydrogens (primary N) is 1. The highest BCUT2D eigenvalue weighted by Gasteiger charge is 2.09. The second kappa shape index (κ2) is 6.24. The highest BCUT2D eigenvalue weighted by Crippen LogP contribution is 2.20. The fourth-order valence-electron chi connectivity index (χ4n) is 2.69. The zero-order valence-electron chi connectivity index (χ0n) is 13.4. The van der Waals surface area contributed by atoms with E-state index in [1.54, 1.807) is 6.07 Å². The average molecular weight is 333 g/mol. The van der Waals surface area contributed by atoms with Crippen molar-refractivity contribution < 1.29 is 4.39 Å². The van der Waals surface area contributed by atoms with E-state index in [1.165, 1.54) is 10.1 Å². The molecule has 0 saturated heterocycles. The maximum Gasteiger partial charge on any atom is 0.195 e. The molecule has 0 radical (unpaired) electrons. The van der Waals surface area contributed by atoms with Crippen molar-refractivity contribution in [1.29, 1.82) is 0 Å². The van der Waals surface area contributed by atoms with Gasteiger partial charge in [-0.05, 0) is 16.7 Å². The van der Waals surface area contributed by atoms with Gasteiger partial charge < -0.3 is 11.1 Å². The third-order valence-electron chi connectivity index (χ3n) is 3.99. The van der Waals surface area contributed by atoms with Gasteiger partial charge in [-0.1, -0.05) is 54.6 Å². The minimum absolute atomic E-state index is 0.113. The molecule has 0 fully saturated rings. The van der Waals surface area contributed by atoms with E-state index in [0.717, 1.165) is 17.3 Å². The summed E-state index contributed by atoms with van der Waals surface area (Å²) >= 11 is 0. The summed E-state index contributed by atoms with van der Waals surface area (Å²) in [5.74, 6) is 0.343. The summed E-state index contributed by atoms with van der Waals surface area (Å²) in [7, 11) is 0. The Kier molecular flexibility index (Phi) is 3.78. The van der Waals surface area contributed by atoms with E-state index >= 15 is 0 Å². The summed E-state index contributed by atoms with van der Waals surface area (Å²) in [5.41, 5.74) is 9.42. The molecule has 0 spiro atoms. The van der Waals surface area contributed by atoms with Crippen LogP contribution in [-0.4, -0.2) is 14.6 Å². The molecule has 4 rings (SSSR count). The quantitative estimate of drug-likeness (QED) is 0.597. The number of nitrogens with one attached hydrogen (secondary N) is 1. The summed E-state index contributed by atoms with van der Waals surface area (Å²) < 4.78 is 14.9. The van der Waals surface area contributed by atoms with E-state index in [9.17, 15) is 4.39 Å². The third kappa shape index (κ3) is 3.01. The Hall–Kier alpha value is -3.41. The Morgan fingerprint density at radius 1 is 1.00 bits per heavy atom. The first kappa shape index (κ1) is 15.1. The van der Waals surface area contributed by atoms with Crippen LogP contribution in [0.2, 0.25) is 0 Å². The number of benzene rings is 2. The minimum Gasteiger partial charge on any atom is -0.383 e. The second-order valence-corrected chi connectivity index (χ2v) is 5.71. The lowest BCUT2D eigenvalue weighted by Crippen LogP contribution is -2.06. The summed E-state index contributed by atoms with van der Waals surface area (Å²) in [5, 5.41) is 7.01. The number of rotatable bonds is 4. The summed E-state index contributed by atoms with van der Waals surface area (Å²) in [6.45, 7) is 0.563. The van der Waals surface area contributed by atoms with Gasteiger partial charge in [-0.25, -0.2) is 9.37 Å². The molecule has 0 atom stereocenters. The minimum atomic E-state index is -0.498. The van der Waals surface area contributed by atoms with Gasteiger partial charge in [0.25, 0.3) is 0 Å². The first-order valence-corrected chi connectivity index (χ1v) is 7.89. The Morgan fingerprint density at radius 2 is 1.72 bits per heavy atom. The van der Waals surface area contributed by atoms with Crippen LogP contribution in [0.4, 0.5) is 16.0 Å². The standard InChI is InChI=1S/C19H16FN5/c20-16-12-23-25-17(21)10-18(24-19(16)25)22-11-13-6-8-15(9-7-13)14-4-2-1-3-5-14/h1-10,12H,11,21H2,(H,22,24). The Morgan fingerprint density at radius 3 is 2.48 bits per heavy atom. The molecular formula is C19H16FN5. The van der Waals surface area contributed by atoms with Crippen LogP contribution in [0.3, 0.4) is 0 Å². The summed E-state index contributed by atoms with van der Waals surface area (Å²) in [6, 6.07) is 20.1. The fourth-order valence-corrected chi connectivity index (χ4v) is 2.69. The van der Waals surface area contributed by atoms with Gasteiger partial charge >= 0.3 is 0 Å². The molecule has 25 heavy (non-hydrogen) atoms. The Balaban J connectivity index is 1.51. The normalized spacial score (nSPS) is 10.9. The van der Waals surface area contributed by atoms with Crippen LogP contribution >= 0.6 is 0 Å². The number of fused-ring (bicyclic) bond motifs is 1. The number of aromatic nitrogens is 3. The molecule has 3 N–H and O–H groups in total. The zero-order valence-corrected chi connectivity index (χ0v) is 13.4. The monoisotopic (exact) mass is 333 g/mol. The van der Waals surface area contributed by atoms with Crippen molar-refractivity contribution in [3.63, 3.8) is 0 Å². The highest BCUT2D eigenvalue weighted by atomic mass is 19.1. The molecule has 4 aromatic rings. The fraction of sp³-hybridized carbons (Fsp3) is 0.0526. The largest absolute Gasteiger partial charge is 0.383 e. The average Bonchev–Trinajstić information content (AvgIpc) is 3.03. The second-order valence-electron chi connectivity index (χ2n) is 5.71. The molecule has 124 valence electrons. The lowest BCUT2D eigenvalue weighted by atomic mass is 10.0. The number of nitrogen functional groups attached to an aromatic ring is 1. The van der Waals surface area contributed by atoms with Crippen LogP contribution in [0, 0.1) is 5.82 Å². The number of hydrogen-bond donors (Lipinski definition) is 2. The molecule has 0 unspecified atom stereocenters. The van der Waals surface area contributed by atoms with Crippen molar-refractivity contribution >= 4 is 17.3 Å². The molecule has 0 aliphatic rings. The van der Waals surface area contributed by atoms with Gasteiger partial charge in [0.15, 0.2) is 11.5 Å². The van der Waals surface area contributed by atoms with Gasteiger partial charge in [0.2, 0.25) is 0 Å². The van der Waals surface area contributed by atoms with Crippen LogP contribution < -0.4 is 11.1 Å². The van der Waals surface area contributed by atoms with Crippen LogP contribution in [-0.2, 0) is 6.54 Å². The molecule has 0 aliphatic heterocycles. The highest BCUT2D eigenvalue weighted by molar-refractivity contribution is 5.63. The van der Waals surface area contributed by atoms with Gasteiger partial charge in [0, 0.05) is 12.6 Å². The summed E-state index contributed by atoms with van der Waals surface area (Å²) in [6.07, 6.45) is 1.10. The van der Waals surface area contributed by atoms with Gasteiger partial charge in [-0.2, -0.15) is 9.61 Å². The lowest BCUT2D eigenvalue weighted by Gasteiger charge is -2.09. The first-order chi connectivity index (χ1) is 12.2. The molecule has 0 bridgehead atoms. The van der Waals surface area contributed by atoms with Crippen molar-refractivity contribution in [3.05, 3.63) is 78.2 Å². The number of anilines is 2. The van der Waals surface area contributed by atoms with Gasteiger partial charge in [0.1, 0.15) is 11.6 Å². The molecule has 2 aromatic carbocycles. The molecule has 0 saturated carbocycles. The van der Waals surface area contributed by atoms with Crippen molar-refractivity contribution in [2.45, 2.75) is 6.54 Å². The number of nitrogens with zero attached hydrogens (tertiary/aromatic N) is 3. The summed E-state index contributed by atoms with van der Waals surface area (Å²) in [4.78, 5) is 4.21. The van der Waals surface area contributed by atoms with Crippen LogP contribution in [0.25, 0.3) is 16.8 Å².